The van der Waals surface area contributed by atoms with Crippen molar-refractivity contribution in [3.05, 3.63) is 106 Å². The second-order valence-electron chi connectivity index (χ2n) is 9.47. The van der Waals surface area contributed by atoms with Gasteiger partial charge in [-0.3, -0.25) is 14.5 Å². The number of hydrogen-bond donors (Lipinski definition) is 1. The first-order chi connectivity index (χ1) is 16.7. The van der Waals surface area contributed by atoms with Crippen LogP contribution in [0.3, 0.4) is 0 Å². The largest absolute Gasteiger partial charge is 0.507 e. The van der Waals surface area contributed by atoms with Gasteiger partial charge in [0.05, 0.1) is 11.6 Å². The molecule has 0 spiro atoms. The first-order valence-electron chi connectivity index (χ1n) is 11.7. The van der Waals surface area contributed by atoms with Crippen LogP contribution in [0, 0.1) is 27.7 Å². The number of fused-ring (bicyclic) bond motifs is 1. The van der Waals surface area contributed by atoms with Gasteiger partial charge in [-0.25, -0.2) is 0 Å². The lowest BCUT2D eigenvalue weighted by Gasteiger charge is -2.26. The van der Waals surface area contributed by atoms with Gasteiger partial charge in [0.2, 0.25) is 0 Å². The van der Waals surface area contributed by atoms with Crippen molar-refractivity contribution in [3.8, 4) is 0 Å². The van der Waals surface area contributed by atoms with Gasteiger partial charge in [-0.15, -0.1) is 0 Å². The molecule has 1 atom stereocenters. The van der Waals surface area contributed by atoms with E-state index >= 15 is 0 Å². The van der Waals surface area contributed by atoms with Gasteiger partial charge in [-0.1, -0.05) is 42.0 Å². The molecule has 0 saturated carbocycles. The molecular weight excluding hydrogens is 436 g/mol. The quantitative estimate of drug-likeness (QED) is 0.228. The zero-order valence-electron chi connectivity index (χ0n) is 20.6. The lowest BCUT2D eigenvalue weighted by molar-refractivity contribution is -0.132. The van der Waals surface area contributed by atoms with Gasteiger partial charge in [-0.2, -0.15) is 0 Å². The highest BCUT2D eigenvalue weighted by Crippen LogP contribution is 2.45. The Hall–Kier alpha value is -4.12. The molecule has 1 N–H and O–H groups in total. The van der Waals surface area contributed by atoms with Gasteiger partial charge >= 0.3 is 0 Å². The third-order valence-electron chi connectivity index (χ3n) is 7.08. The Morgan fingerprint density at radius 1 is 0.857 bits per heavy atom. The molecule has 1 fully saturated rings. The monoisotopic (exact) mass is 464 g/mol. The summed E-state index contributed by atoms with van der Waals surface area (Å²) in [6.07, 6.45) is 1.95. The van der Waals surface area contributed by atoms with Crippen LogP contribution in [0.25, 0.3) is 16.7 Å². The third-order valence-corrected chi connectivity index (χ3v) is 7.08. The molecule has 5 rings (SSSR count). The van der Waals surface area contributed by atoms with E-state index in [2.05, 4.69) is 0 Å². The normalized spacial score (nSPS) is 17.5. The molecular formula is C30H28N2O3. The van der Waals surface area contributed by atoms with Crippen LogP contribution < -0.4 is 4.90 Å². The van der Waals surface area contributed by atoms with Crippen molar-refractivity contribution in [2.45, 2.75) is 33.7 Å². The molecule has 1 unspecified atom stereocenters. The number of aromatic nitrogens is 1. The van der Waals surface area contributed by atoms with Crippen LogP contribution in [0.5, 0.6) is 0 Å². The number of benzene rings is 3. The standard InChI is InChI=1S/C30H28N2O3/c1-17-10-11-19(3)23(14-17)28(33)26-27(24-16-31(5)25-9-7-6-8-22(24)25)32(30(35)29(26)34)21-13-12-18(2)20(4)15-21/h6-16,27,33H,1-5H3/b28-26+. The molecule has 2 heterocycles. The first-order valence-corrected chi connectivity index (χ1v) is 11.7. The Balaban J connectivity index is 1.84. The number of aliphatic hydroxyl groups is 1. The summed E-state index contributed by atoms with van der Waals surface area (Å²) in [7, 11) is 1.94. The lowest BCUT2D eigenvalue weighted by atomic mass is 9.93. The van der Waals surface area contributed by atoms with Crippen LogP contribution >= 0.6 is 0 Å². The van der Waals surface area contributed by atoms with E-state index in [1.807, 2.05) is 106 Å². The minimum absolute atomic E-state index is 0.110. The second-order valence-corrected chi connectivity index (χ2v) is 9.47. The van der Waals surface area contributed by atoms with Crippen LogP contribution in [-0.2, 0) is 16.6 Å². The maximum absolute atomic E-state index is 13.6. The van der Waals surface area contributed by atoms with E-state index in [9.17, 15) is 14.7 Å². The van der Waals surface area contributed by atoms with Crippen LogP contribution in [-0.4, -0.2) is 21.4 Å². The number of carbonyl (C=O) groups excluding carboxylic acids is 2. The summed E-state index contributed by atoms with van der Waals surface area (Å²) < 4.78 is 1.99. The van der Waals surface area contributed by atoms with E-state index in [0.717, 1.165) is 38.7 Å². The summed E-state index contributed by atoms with van der Waals surface area (Å²) in [5, 5.41) is 12.5. The van der Waals surface area contributed by atoms with E-state index in [1.165, 1.54) is 4.90 Å². The summed E-state index contributed by atoms with van der Waals surface area (Å²) in [5.41, 5.74) is 7.01. The van der Waals surface area contributed by atoms with Gasteiger partial charge in [0, 0.05) is 41.0 Å². The Bertz CT molecular complexity index is 1560. The molecule has 0 aliphatic carbocycles. The number of aliphatic hydroxyl groups excluding tert-OH is 1. The molecule has 0 bridgehead atoms. The molecule has 0 radical (unpaired) electrons. The third kappa shape index (κ3) is 3.55. The van der Waals surface area contributed by atoms with Crippen molar-refractivity contribution in [2.24, 2.45) is 7.05 Å². The fourth-order valence-electron chi connectivity index (χ4n) is 5.00. The first kappa shape index (κ1) is 22.7. The average molecular weight is 465 g/mol. The molecule has 4 aromatic rings. The van der Waals surface area contributed by atoms with Crippen molar-refractivity contribution in [1.29, 1.82) is 0 Å². The van der Waals surface area contributed by atoms with Gasteiger partial charge < -0.3 is 9.67 Å². The molecule has 176 valence electrons. The average Bonchev–Trinajstić information content (AvgIpc) is 3.30. The van der Waals surface area contributed by atoms with E-state index in [-0.39, 0.29) is 11.3 Å². The fourth-order valence-corrected chi connectivity index (χ4v) is 5.00. The van der Waals surface area contributed by atoms with Crippen LogP contribution in [0.15, 0.2) is 72.4 Å². The highest BCUT2D eigenvalue weighted by molar-refractivity contribution is 6.52. The van der Waals surface area contributed by atoms with Gasteiger partial charge in [0.1, 0.15) is 5.76 Å². The minimum Gasteiger partial charge on any atom is -0.507 e. The highest BCUT2D eigenvalue weighted by Gasteiger charge is 2.48. The van der Waals surface area contributed by atoms with Crippen molar-refractivity contribution < 1.29 is 14.7 Å². The van der Waals surface area contributed by atoms with Crippen molar-refractivity contribution in [1.82, 2.24) is 4.57 Å². The number of ketones is 1. The lowest BCUT2D eigenvalue weighted by Crippen LogP contribution is -2.29. The Morgan fingerprint density at radius 3 is 2.31 bits per heavy atom. The number of para-hydroxylation sites is 1. The van der Waals surface area contributed by atoms with E-state index in [1.54, 1.807) is 0 Å². The van der Waals surface area contributed by atoms with E-state index in [0.29, 0.717) is 11.3 Å². The molecule has 3 aromatic carbocycles. The molecule has 5 heteroatoms. The maximum Gasteiger partial charge on any atom is 0.300 e. The van der Waals surface area contributed by atoms with Crippen molar-refractivity contribution >= 4 is 34.0 Å². The Kier molecular flexibility index (Phi) is 5.36. The predicted octanol–water partition coefficient (Wildman–Crippen LogP) is 6.04. The van der Waals surface area contributed by atoms with E-state index in [4.69, 9.17) is 0 Å². The summed E-state index contributed by atoms with van der Waals surface area (Å²) in [4.78, 5) is 28.6. The number of nitrogens with zero attached hydrogens (tertiary/aromatic N) is 2. The summed E-state index contributed by atoms with van der Waals surface area (Å²) in [5.74, 6) is -1.47. The minimum atomic E-state index is -0.761. The second kappa shape index (κ2) is 8.27. The molecule has 35 heavy (non-hydrogen) atoms. The summed E-state index contributed by atoms with van der Waals surface area (Å²) >= 11 is 0. The van der Waals surface area contributed by atoms with Gasteiger partial charge in [0.25, 0.3) is 11.7 Å². The maximum atomic E-state index is 13.6. The summed E-state index contributed by atoms with van der Waals surface area (Å²) in [6, 6.07) is 18.6. The zero-order valence-corrected chi connectivity index (χ0v) is 20.6. The smallest absolute Gasteiger partial charge is 0.300 e. The fraction of sp³-hybridized carbons (Fsp3) is 0.200. The van der Waals surface area contributed by atoms with Crippen LogP contribution in [0.2, 0.25) is 0 Å². The van der Waals surface area contributed by atoms with Gasteiger partial charge in [0.15, 0.2) is 0 Å². The molecule has 1 aromatic heterocycles. The predicted molar refractivity (Wildman–Crippen MR) is 140 cm³/mol. The Morgan fingerprint density at radius 2 is 1.57 bits per heavy atom. The zero-order chi connectivity index (χ0) is 25.0. The van der Waals surface area contributed by atoms with Gasteiger partial charge in [-0.05, 0) is 68.7 Å². The number of rotatable bonds is 3. The Labute approximate surface area is 204 Å². The van der Waals surface area contributed by atoms with Crippen LogP contribution in [0.1, 0.15) is 39.4 Å². The molecule has 1 aliphatic heterocycles. The number of hydrogen-bond acceptors (Lipinski definition) is 3. The van der Waals surface area contributed by atoms with Crippen molar-refractivity contribution in [2.75, 3.05) is 4.90 Å². The number of anilines is 1. The molecule has 1 aliphatic rings. The number of carbonyl (C=O) groups is 2. The topological polar surface area (TPSA) is 62.5 Å². The van der Waals surface area contributed by atoms with Crippen molar-refractivity contribution in [3.63, 3.8) is 0 Å². The number of aryl methyl sites for hydroxylation is 5. The summed E-state index contributed by atoms with van der Waals surface area (Å²) in [6.45, 7) is 7.82. The molecule has 1 amide bonds. The highest BCUT2D eigenvalue weighted by atomic mass is 16.3. The van der Waals surface area contributed by atoms with Crippen LogP contribution in [0.4, 0.5) is 5.69 Å². The molecule has 5 nitrogen and oxygen atoms in total. The van der Waals surface area contributed by atoms with E-state index < -0.39 is 17.7 Å². The SMILES string of the molecule is Cc1ccc(C)c(/C(O)=C2\C(=O)C(=O)N(c3ccc(C)c(C)c3)C2c2cn(C)c3ccccc23)c1. The number of Topliss-reactive ketones (excluding diaryl/α,β-unsaturated/α-hetero) is 1. The number of amides is 1. The molecule has 1 saturated heterocycles.